The van der Waals surface area contributed by atoms with Crippen molar-refractivity contribution in [3.8, 4) is 0 Å². The van der Waals surface area contributed by atoms with E-state index in [9.17, 15) is 13.2 Å². The highest BCUT2D eigenvalue weighted by Gasteiger charge is 2.34. The molecule has 1 unspecified atom stereocenters. The number of rotatable bonds is 3. The minimum absolute atomic E-state index is 0.213. The average molecular weight is 229 g/mol. The highest BCUT2D eigenvalue weighted by atomic mass is 19.4. The van der Waals surface area contributed by atoms with Gasteiger partial charge in [-0.25, -0.2) is 0 Å². The Kier molecular flexibility index (Phi) is 3.75. The van der Waals surface area contributed by atoms with E-state index in [4.69, 9.17) is 0 Å². The molecule has 0 spiro atoms. The first-order chi connectivity index (χ1) is 7.38. The summed E-state index contributed by atoms with van der Waals surface area (Å²) >= 11 is 0. The molecule has 4 heteroatoms. The number of hydrogen-bond acceptors (Lipinski definition) is 1. The highest BCUT2D eigenvalue weighted by Crippen LogP contribution is 2.35. The van der Waals surface area contributed by atoms with Crippen LogP contribution in [0.3, 0.4) is 0 Å². The molecule has 1 aromatic carbocycles. The van der Waals surface area contributed by atoms with Crippen LogP contribution in [0.5, 0.6) is 0 Å². The lowest BCUT2D eigenvalue weighted by atomic mass is 9.96. The van der Waals surface area contributed by atoms with Gasteiger partial charge in [-0.15, -0.1) is 0 Å². The van der Waals surface area contributed by atoms with Crippen LogP contribution in [0, 0.1) is 0 Å². The van der Waals surface area contributed by atoms with E-state index in [0.29, 0.717) is 5.57 Å². The lowest BCUT2D eigenvalue weighted by molar-refractivity contribution is -0.138. The molecule has 0 bridgehead atoms. The smallest absolute Gasteiger partial charge is 0.310 e. The number of alkyl halides is 3. The molecule has 1 aromatic rings. The molecule has 0 radical (unpaired) electrons. The molecule has 0 heterocycles. The highest BCUT2D eigenvalue weighted by molar-refractivity contribution is 5.36. The van der Waals surface area contributed by atoms with E-state index in [1.807, 2.05) is 0 Å². The van der Waals surface area contributed by atoms with E-state index in [1.165, 1.54) is 12.1 Å². The van der Waals surface area contributed by atoms with E-state index in [2.05, 4.69) is 11.9 Å². The Morgan fingerprint density at radius 2 is 1.88 bits per heavy atom. The zero-order valence-corrected chi connectivity index (χ0v) is 9.23. The van der Waals surface area contributed by atoms with Gasteiger partial charge in [0.2, 0.25) is 0 Å². The molecule has 1 N–H and O–H groups in total. The predicted octanol–water partition coefficient (Wildman–Crippen LogP) is 3.54. The SMILES string of the molecule is C=C(C)C(NC)c1ccccc1C(F)(F)F. The molecule has 0 aliphatic heterocycles. The second-order valence-corrected chi connectivity index (χ2v) is 3.65. The van der Waals surface area contributed by atoms with Crippen molar-refractivity contribution < 1.29 is 13.2 Å². The molecule has 88 valence electrons. The lowest BCUT2D eigenvalue weighted by Crippen LogP contribution is -2.21. The van der Waals surface area contributed by atoms with E-state index in [-0.39, 0.29) is 5.56 Å². The van der Waals surface area contributed by atoms with E-state index in [0.717, 1.165) is 6.07 Å². The van der Waals surface area contributed by atoms with Gasteiger partial charge in [0, 0.05) is 0 Å². The van der Waals surface area contributed by atoms with Gasteiger partial charge in [-0.05, 0) is 25.6 Å². The van der Waals surface area contributed by atoms with Crippen molar-refractivity contribution in [2.75, 3.05) is 7.05 Å². The second kappa shape index (κ2) is 4.70. The van der Waals surface area contributed by atoms with Crippen LogP contribution in [0.25, 0.3) is 0 Å². The fourth-order valence-corrected chi connectivity index (χ4v) is 1.67. The van der Waals surface area contributed by atoms with Crippen molar-refractivity contribution in [3.63, 3.8) is 0 Å². The Balaban J connectivity index is 3.27. The minimum Gasteiger partial charge on any atom is -0.310 e. The summed E-state index contributed by atoms with van der Waals surface area (Å²) in [5.41, 5.74) is 0.251. The predicted molar refractivity (Wildman–Crippen MR) is 58.1 cm³/mol. The summed E-state index contributed by atoms with van der Waals surface area (Å²) in [5.74, 6) is 0. The molecule has 0 saturated heterocycles. The Morgan fingerprint density at radius 3 is 2.31 bits per heavy atom. The van der Waals surface area contributed by atoms with Crippen LogP contribution in [0.2, 0.25) is 0 Å². The van der Waals surface area contributed by atoms with Gasteiger partial charge in [-0.3, -0.25) is 0 Å². The van der Waals surface area contributed by atoms with Crippen molar-refractivity contribution in [1.82, 2.24) is 5.32 Å². The first-order valence-electron chi connectivity index (χ1n) is 4.86. The molecule has 0 aliphatic carbocycles. The standard InChI is InChI=1S/C12H14F3N/c1-8(2)11(16-3)9-6-4-5-7-10(9)12(13,14)15/h4-7,11,16H,1H2,2-3H3. The minimum atomic E-state index is -4.33. The van der Waals surface area contributed by atoms with Gasteiger partial charge in [0.15, 0.2) is 0 Å². The fraction of sp³-hybridized carbons (Fsp3) is 0.333. The maximum absolute atomic E-state index is 12.8. The molecule has 0 fully saturated rings. The van der Waals surface area contributed by atoms with E-state index < -0.39 is 17.8 Å². The van der Waals surface area contributed by atoms with Gasteiger partial charge in [-0.2, -0.15) is 13.2 Å². The first-order valence-corrected chi connectivity index (χ1v) is 4.86. The van der Waals surface area contributed by atoms with E-state index in [1.54, 1.807) is 20.0 Å². The summed E-state index contributed by atoms with van der Waals surface area (Å²) in [5, 5.41) is 2.83. The summed E-state index contributed by atoms with van der Waals surface area (Å²) in [6, 6.07) is 5.06. The number of halogens is 3. The second-order valence-electron chi connectivity index (χ2n) is 3.65. The van der Waals surface area contributed by atoms with Gasteiger partial charge < -0.3 is 5.32 Å². The van der Waals surface area contributed by atoms with Crippen LogP contribution < -0.4 is 5.32 Å². The van der Waals surface area contributed by atoms with Crippen molar-refractivity contribution >= 4 is 0 Å². The van der Waals surface area contributed by atoms with Crippen LogP contribution in [-0.4, -0.2) is 7.05 Å². The first kappa shape index (κ1) is 12.8. The molecule has 0 aliphatic rings. The maximum Gasteiger partial charge on any atom is 0.416 e. The molecule has 1 nitrogen and oxygen atoms in total. The zero-order valence-electron chi connectivity index (χ0n) is 9.23. The zero-order chi connectivity index (χ0) is 12.3. The summed E-state index contributed by atoms with van der Waals surface area (Å²) in [6.07, 6.45) is -4.33. The third-order valence-corrected chi connectivity index (χ3v) is 2.36. The van der Waals surface area contributed by atoms with Gasteiger partial charge in [0.1, 0.15) is 0 Å². The van der Waals surface area contributed by atoms with Crippen LogP contribution in [0.4, 0.5) is 13.2 Å². The fourth-order valence-electron chi connectivity index (χ4n) is 1.67. The van der Waals surface area contributed by atoms with Gasteiger partial charge in [0.25, 0.3) is 0 Å². The quantitative estimate of drug-likeness (QED) is 0.782. The van der Waals surface area contributed by atoms with Gasteiger partial charge in [0.05, 0.1) is 11.6 Å². The van der Waals surface area contributed by atoms with E-state index >= 15 is 0 Å². The topological polar surface area (TPSA) is 12.0 Å². The molecular formula is C12H14F3N. The van der Waals surface area contributed by atoms with Crippen LogP contribution in [0.15, 0.2) is 36.4 Å². The largest absolute Gasteiger partial charge is 0.416 e. The summed E-state index contributed by atoms with van der Waals surface area (Å²) in [7, 11) is 1.62. The Hall–Kier alpha value is -1.29. The van der Waals surface area contributed by atoms with Crippen molar-refractivity contribution in [2.24, 2.45) is 0 Å². The molecular weight excluding hydrogens is 215 g/mol. The maximum atomic E-state index is 12.8. The summed E-state index contributed by atoms with van der Waals surface area (Å²) < 4.78 is 38.3. The Morgan fingerprint density at radius 1 is 1.31 bits per heavy atom. The monoisotopic (exact) mass is 229 g/mol. The van der Waals surface area contributed by atoms with Crippen molar-refractivity contribution in [1.29, 1.82) is 0 Å². The number of benzene rings is 1. The Bertz CT molecular complexity index is 382. The van der Waals surface area contributed by atoms with Gasteiger partial charge >= 0.3 is 6.18 Å². The number of nitrogens with one attached hydrogen (secondary N) is 1. The van der Waals surface area contributed by atoms with Crippen LogP contribution in [-0.2, 0) is 6.18 Å². The molecule has 0 saturated carbocycles. The van der Waals surface area contributed by atoms with Crippen molar-refractivity contribution in [2.45, 2.75) is 19.1 Å². The third-order valence-electron chi connectivity index (χ3n) is 2.36. The molecule has 0 aromatic heterocycles. The molecule has 0 amide bonds. The molecule has 1 rings (SSSR count). The van der Waals surface area contributed by atoms with Crippen LogP contribution in [0.1, 0.15) is 24.1 Å². The van der Waals surface area contributed by atoms with Crippen LogP contribution >= 0.6 is 0 Å². The average Bonchev–Trinajstić information content (AvgIpc) is 2.17. The molecule has 1 atom stereocenters. The third kappa shape index (κ3) is 2.64. The van der Waals surface area contributed by atoms with Gasteiger partial charge in [-0.1, -0.05) is 30.4 Å². The number of hydrogen-bond donors (Lipinski definition) is 1. The summed E-state index contributed by atoms with van der Waals surface area (Å²) in [6.45, 7) is 5.40. The summed E-state index contributed by atoms with van der Waals surface area (Å²) in [4.78, 5) is 0. The van der Waals surface area contributed by atoms with Crippen molar-refractivity contribution in [3.05, 3.63) is 47.5 Å². The Labute approximate surface area is 93.0 Å². The molecule has 16 heavy (non-hydrogen) atoms. The number of likely N-dealkylation sites (N-methyl/N-ethyl adjacent to an activating group) is 1. The lowest BCUT2D eigenvalue weighted by Gasteiger charge is -2.21. The normalized spacial score (nSPS) is 13.6.